The van der Waals surface area contributed by atoms with Crippen LogP contribution in [0.1, 0.15) is 56.9 Å². The molecule has 0 saturated carbocycles. The second-order valence-electron chi connectivity index (χ2n) is 11.3. The number of rotatable bonds is 6. The summed E-state index contributed by atoms with van der Waals surface area (Å²) in [5.41, 5.74) is 4.62. The van der Waals surface area contributed by atoms with Gasteiger partial charge in [-0.2, -0.15) is 0 Å². The predicted molar refractivity (Wildman–Crippen MR) is 160 cm³/mol. The Hall–Kier alpha value is -3.56. The summed E-state index contributed by atoms with van der Waals surface area (Å²) in [7, 11) is -2.28. The van der Waals surface area contributed by atoms with E-state index < -0.39 is 21.2 Å². The maximum atomic E-state index is 13.4. The summed E-state index contributed by atoms with van der Waals surface area (Å²) in [6, 6.07) is 15.4. The first-order valence-corrected chi connectivity index (χ1v) is 14.3. The van der Waals surface area contributed by atoms with Gasteiger partial charge in [-0.15, -0.1) is 12.4 Å². The molecule has 2 aliphatic heterocycles. The van der Waals surface area contributed by atoms with E-state index in [0.717, 1.165) is 34.6 Å². The van der Waals surface area contributed by atoms with Gasteiger partial charge in [0.25, 0.3) is 10.0 Å². The minimum Gasteiger partial charge on any atom is -0.493 e. The monoisotopic (exact) mass is 583 g/mol. The highest BCUT2D eigenvalue weighted by Gasteiger charge is 2.39. The molecule has 2 aliphatic rings. The number of methoxy groups -OCH3 is 1. The van der Waals surface area contributed by atoms with Crippen molar-refractivity contribution in [3.63, 3.8) is 0 Å². The summed E-state index contributed by atoms with van der Waals surface area (Å²) in [5.74, 6) is 1.18. The standard InChI is InChI=1S/C30H33N3O5S.ClH/c1-18(34)31-21-10-8-11-22(15-21)33-39(35,36)23-12-7-9-19(13-23)27-26-20(16-29(2,3)32-27)14-25(37-6)28-24(26)17-30(4,5)38-28;/h7-15,33H,16-17H2,1-6H3,(H,31,34);1H. The molecule has 0 atom stereocenters. The molecule has 0 radical (unpaired) electrons. The van der Waals surface area contributed by atoms with Crippen LogP contribution in [-0.4, -0.2) is 38.3 Å². The second-order valence-corrected chi connectivity index (χ2v) is 13.0. The lowest BCUT2D eigenvalue weighted by atomic mass is 9.81. The van der Waals surface area contributed by atoms with E-state index in [1.807, 2.05) is 26.0 Å². The average Bonchev–Trinajstić information content (AvgIpc) is 3.16. The maximum Gasteiger partial charge on any atom is 0.261 e. The van der Waals surface area contributed by atoms with E-state index in [1.165, 1.54) is 6.92 Å². The van der Waals surface area contributed by atoms with Crippen LogP contribution in [0.4, 0.5) is 11.4 Å². The number of nitrogens with one attached hydrogen (secondary N) is 2. The molecule has 2 N–H and O–H groups in total. The Balaban J connectivity index is 0.00000370. The topological polar surface area (TPSA) is 106 Å². The third kappa shape index (κ3) is 5.81. The number of sulfonamides is 1. The van der Waals surface area contributed by atoms with Crippen molar-refractivity contribution in [2.24, 2.45) is 4.99 Å². The van der Waals surface area contributed by atoms with E-state index in [4.69, 9.17) is 14.5 Å². The number of benzene rings is 3. The molecule has 0 aliphatic carbocycles. The average molecular weight is 584 g/mol. The highest BCUT2D eigenvalue weighted by molar-refractivity contribution is 7.92. The molecule has 40 heavy (non-hydrogen) atoms. The van der Waals surface area contributed by atoms with Crippen LogP contribution >= 0.6 is 12.4 Å². The fourth-order valence-corrected chi connectivity index (χ4v) is 6.41. The van der Waals surface area contributed by atoms with Crippen LogP contribution < -0.4 is 19.5 Å². The maximum absolute atomic E-state index is 13.4. The van der Waals surface area contributed by atoms with Crippen LogP contribution in [0.3, 0.4) is 0 Å². The summed E-state index contributed by atoms with van der Waals surface area (Å²) in [5, 5.41) is 2.67. The first-order valence-electron chi connectivity index (χ1n) is 12.8. The molecule has 212 valence electrons. The molecular weight excluding hydrogens is 550 g/mol. The number of amides is 1. The van der Waals surface area contributed by atoms with Crippen molar-refractivity contribution < 1.29 is 22.7 Å². The molecule has 10 heteroatoms. The number of anilines is 2. The SMILES string of the molecule is COc1cc2c(c3c1OC(C)(C)C3)C(c1cccc(S(=O)(=O)Nc3cccc(NC(C)=O)c3)c1)=NC(C)(C)C2.Cl. The number of carbonyl (C=O) groups is 1. The van der Waals surface area contributed by atoms with E-state index in [9.17, 15) is 13.2 Å². The highest BCUT2D eigenvalue weighted by Crippen LogP contribution is 2.48. The lowest BCUT2D eigenvalue weighted by Gasteiger charge is -2.31. The fraction of sp³-hybridized carbons (Fsp3) is 0.333. The van der Waals surface area contributed by atoms with Gasteiger partial charge in [0, 0.05) is 35.7 Å². The van der Waals surface area contributed by atoms with Crippen molar-refractivity contribution in [2.75, 3.05) is 17.1 Å². The van der Waals surface area contributed by atoms with Crippen molar-refractivity contribution >= 4 is 45.4 Å². The van der Waals surface area contributed by atoms with E-state index in [1.54, 1.807) is 49.6 Å². The molecule has 0 fully saturated rings. The summed E-state index contributed by atoms with van der Waals surface area (Å²) in [4.78, 5) is 16.6. The third-order valence-corrected chi connectivity index (χ3v) is 8.13. The lowest BCUT2D eigenvalue weighted by molar-refractivity contribution is -0.114. The highest BCUT2D eigenvalue weighted by atomic mass is 35.5. The Kier molecular flexibility index (Phi) is 7.68. The van der Waals surface area contributed by atoms with Gasteiger partial charge in [-0.1, -0.05) is 18.2 Å². The first-order chi connectivity index (χ1) is 18.3. The van der Waals surface area contributed by atoms with E-state index in [0.29, 0.717) is 29.1 Å². The molecule has 2 heterocycles. The van der Waals surface area contributed by atoms with Crippen LogP contribution in [0.25, 0.3) is 0 Å². The van der Waals surface area contributed by atoms with Gasteiger partial charge in [0.15, 0.2) is 11.5 Å². The van der Waals surface area contributed by atoms with Gasteiger partial charge in [0.1, 0.15) is 5.60 Å². The van der Waals surface area contributed by atoms with Gasteiger partial charge < -0.3 is 14.8 Å². The first kappa shape index (κ1) is 29.4. The predicted octanol–water partition coefficient (Wildman–Crippen LogP) is 5.76. The van der Waals surface area contributed by atoms with Crippen LogP contribution in [-0.2, 0) is 27.7 Å². The zero-order valence-corrected chi connectivity index (χ0v) is 25.0. The van der Waals surface area contributed by atoms with Crippen LogP contribution in [0.5, 0.6) is 11.5 Å². The molecule has 8 nitrogen and oxygen atoms in total. The molecule has 5 rings (SSSR count). The number of carbonyl (C=O) groups excluding carboxylic acids is 1. The number of aliphatic imine (C=N–C) groups is 1. The number of ether oxygens (including phenoxy) is 2. The Morgan fingerprint density at radius 1 is 1.00 bits per heavy atom. The minimum atomic E-state index is -3.93. The zero-order chi connectivity index (χ0) is 28.2. The molecular formula is C30H34ClN3O5S. The molecule has 0 unspecified atom stereocenters. The summed E-state index contributed by atoms with van der Waals surface area (Å²) in [6.07, 6.45) is 1.41. The second kappa shape index (κ2) is 10.4. The van der Waals surface area contributed by atoms with E-state index in [2.05, 4.69) is 23.9 Å². The fourth-order valence-electron chi connectivity index (χ4n) is 5.32. The molecule has 1 amide bonds. The van der Waals surface area contributed by atoms with Gasteiger partial charge in [-0.25, -0.2) is 8.42 Å². The Morgan fingerprint density at radius 2 is 1.70 bits per heavy atom. The molecule has 0 bridgehead atoms. The number of nitrogens with zero attached hydrogens (tertiary/aromatic N) is 1. The third-order valence-electron chi connectivity index (χ3n) is 6.75. The molecule has 3 aromatic carbocycles. The molecule has 3 aromatic rings. The Morgan fingerprint density at radius 3 is 2.40 bits per heavy atom. The van der Waals surface area contributed by atoms with Crippen molar-refractivity contribution in [1.82, 2.24) is 0 Å². The summed E-state index contributed by atoms with van der Waals surface area (Å²) >= 11 is 0. The Bertz CT molecular complexity index is 1630. The van der Waals surface area contributed by atoms with Crippen molar-refractivity contribution in [1.29, 1.82) is 0 Å². The normalized spacial score (nSPS) is 16.4. The Labute approximate surface area is 241 Å². The number of halogens is 1. The number of hydrogen-bond donors (Lipinski definition) is 2. The molecule has 0 aromatic heterocycles. The van der Waals surface area contributed by atoms with Gasteiger partial charge in [-0.05, 0) is 76.1 Å². The molecule has 0 saturated heterocycles. The summed E-state index contributed by atoms with van der Waals surface area (Å²) in [6.45, 7) is 9.62. The zero-order valence-electron chi connectivity index (χ0n) is 23.4. The summed E-state index contributed by atoms with van der Waals surface area (Å²) < 4.78 is 41.5. The van der Waals surface area contributed by atoms with Gasteiger partial charge in [0.05, 0.1) is 28.9 Å². The smallest absolute Gasteiger partial charge is 0.261 e. The quantitative estimate of drug-likeness (QED) is 0.384. The molecule has 0 spiro atoms. The van der Waals surface area contributed by atoms with Crippen LogP contribution in [0.2, 0.25) is 0 Å². The van der Waals surface area contributed by atoms with E-state index in [-0.39, 0.29) is 23.2 Å². The van der Waals surface area contributed by atoms with Gasteiger partial charge >= 0.3 is 0 Å². The van der Waals surface area contributed by atoms with Crippen molar-refractivity contribution in [3.05, 3.63) is 76.9 Å². The van der Waals surface area contributed by atoms with Crippen molar-refractivity contribution in [2.45, 2.75) is 63.5 Å². The number of hydrogen-bond acceptors (Lipinski definition) is 6. The van der Waals surface area contributed by atoms with E-state index >= 15 is 0 Å². The number of fused-ring (bicyclic) bond motifs is 3. The largest absolute Gasteiger partial charge is 0.493 e. The van der Waals surface area contributed by atoms with Crippen molar-refractivity contribution in [3.8, 4) is 11.5 Å². The van der Waals surface area contributed by atoms with Crippen LogP contribution in [0, 0.1) is 0 Å². The lowest BCUT2D eigenvalue weighted by Crippen LogP contribution is -2.30. The van der Waals surface area contributed by atoms with Gasteiger partial charge in [-0.3, -0.25) is 14.5 Å². The minimum absolute atomic E-state index is 0. The van der Waals surface area contributed by atoms with Gasteiger partial charge in [0.2, 0.25) is 5.91 Å². The van der Waals surface area contributed by atoms with Crippen LogP contribution in [0.15, 0.2) is 64.5 Å².